The molecule has 2 heteroatoms. The molecule has 2 nitrogen and oxygen atoms in total. The average molecular weight is 246 g/mol. The molecule has 100 valence electrons. The van der Waals surface area contributed by atoms with Crippen molar-refractivity contribution in [1.82, 2.24) is 5.32 Å². The molecule has 1 aliphatic heterocycles. The van der Waals surface area contributed by atoms with E-state index in [1.165, 1.54) is 50.0 Å². The summed E-state index contributed by atoms with van der Waals surface area (Å²) >= 11 is 0. The zero-order valence-corrected chi connectivity index (χ0v) is 11.8. The maximum absolute atomic E-state index is 3.58. The highest BCUT2D eigenvalue weighted by molar-refractivity contribution is 5.47. The Kier molecular flexibility index (Phi) is 5.06. The molecule has 1 fully saturated rings. The molecule has 0 aliphatic carbocycles. The molecule has 1 aliphatic rings. The number of nitrogens with zero attached hydrogens (tertiary/aromatic N) is 1. The molecule has 0 aromatic heterocycles. The Morgan fingerprint density at radius 2 is 2.06 bits per heavy atom. The number of anilines is 1. The van der Waals surface area contributed by atoms with E-state index < -0.39 is 0 Å². The third kappa shape index (κ3) is 3.74. The van der Waals surface area contributed by atoms with Gasteiger partial charge in [0.1, 0.15) is 0 Å². The van der Waals surface area contributed by atoms with E-state index in [0.717, 1.165) is 12.6 Å². The first-order valence-electron chi connectivity index (χ1n) is 7.34. The maximum atomic E-state index is 3.58. The third-order valence-electron chi connectivity index (χ3n) is 3.92. The lowest BCUT2D eigenvalue weighted by atomic mass is 10.1. The van der Waals surface area contributed by atoms with Gasteiger partial charge >= 0.3 is 0 Å². The van der Waals surface area contributed by atoms with Crippen LogP contribution in [0.25, 0.3) is 0 Å². The van der Waals surface area contributed by atoms with Crippen LogP contribution in [0, 0.1) is 6.92 Å². The average Bonchev–Trinajstić information content (AvgIpc) is 2.89. The molecule has 1 aromatic carbocycles. The highest BCUT2D eigenvalue weighted by Gasteiger charge is 2.13. The lowest BCUT2D eigenvalue weighted by molar-refractivity contribution is 0.533. The van der Waals surface area contributed by atoms with E-state index in [2.05, 4.69) is 48.3 Å². The van der Waals surface area contributed by atoms with Gasteiger partial charge in [0.05, 0.1) is 0 Å². The van der Waals surface area contributed by atoms with Crippen LogP contribution in [0.4, 0.5) is 5.69 Å². The molecule has 0 amide bonds. The minimum Gasteiger partial charge on any atom is -0.372 e. The Hall–Kier alpha value is -1.02. The van der Waals surface area contributed by atoms with Crippen molar-refractivity contribution in [2.75, 3.05) is 24.5 Å². The monoisotopic (exact) mass is 246 g/mol. The van der Waals surface area contributed by atoms with Gasteiger partial charge in [-0.05, 0) is 58.2 Å². The largest absolute Gasteiger partial charge is 0.372 e. The van der Waals surface area contributed by atoms with Crippen LogP contribution in [0.3, 0.4) is 0 Å². The van der Waals surface area contributed by atoms with Gasteiger partial charge in [0, 0.05) is 24.8 Å². The minimum absolute atomic E-state index is 0.779. The summed E-state index contributed by atoms with van der Waals surface area (Å²) in [4.78, 5) is 2.48. The third-order valence-corrected chi connectivity index (χ3v) is 3.92. The first kappa shape index (κ1) is 13.4. The van der Waals surface area contributed by atoms with E-state index in [1.54, 1.807) is 0 Å². The van der Waals surface area contributed by atoms with Crippen molar-refractivity contribution in [2.24, 2.45) is 0 Å². The van der Waals surface area contributed by atoms with Crippen LogP contribution in [0.15, 0.2) is 24.3 Å². The van der Waals surface area contributed by atoms with E-state index in [9.17, 15) is 0 Å². The van der Waals surface area contributed by atoms with Crippen LogP contribution in [-0.4, -0.2) is 25.7 Å². The Morgan fingerprint density at radius 1 is 1.28 bits per heavy atom. The van der Waals surface area contributed by atoms with Gasteiger partial charge in [-0.3, -0.25) is 0 Å². The second kappa shape index (κ2) is 6.79. The summed E-state index contributed by atoms with van der Waals surface area (Å²) in [6.45, 7) is 7.89. The van der Waals surface area contributed by atoms with E-state index in [1.807, 2.05) is 0 Å². The Balaban J connectivity index is 1.79. The van der Waals surface area contributed by atoms with Crippen molar-refractivity contribution >= 4 is 5.69 Å². The molecule has 2 rings (SSSR count). The van der Waals surface area contributed by atoms with Gasteiger partial charge in [0.2, 0.25) is 0 Å². The Labute approximate surface area is 111 Å². The quantitative estimate of drug-likeness (QED) is 0.828. The molecule has 0 saturated carbocycles. The fourth-order valence-corrected chi connectivity index (χ4v) is 2.76. The van der Waals surface area contributed by atoms with Gasteiger partial charge in [0.15, 0.2) is 0 Å². The SMILES string of the molecule is CCN(CCCC1CCCN1)c1ccc(C)cc1. The zero-order valence-electron chi connectivity index (χ0n) is 11.8. The lowest BCUT2D eigenvalue weighted by Crippen LogP contribution is -2.27. The number of aryl methyl sites for hydroxylation is 1. The van der Waals surface area contributed by atoms with Crippen molar-refractivity contribution in [3.05, 3.63) is 29.8 Å². The Morgan fingerprint density at radius 3 is 2.67 bits per heavy atom. The first-order valence-corrected chi connectivity index (χ1v) is 7.34. The first-order chi connectivity index (χ1) is 8.79. The predicted molar refractivity (Wildman–Crippen MR) is 79.3 cm³/mol. The molecule has 0 bridgehead atoms. The summed E-state index contributed by atoms with van der Waals surface area (Å²) in [5.41, 5.74) is 2.70. The van der Waals surface area contributed by atoms with Gasteiger partial charge in [-0.15, -0.1) is 0 Å². The molecular weight excluding hydrogens is 220 g/mol. The summed E-state index contributed by atoms with van der Waals surface area (Å²) < 4.78 is 0. The van der Waals surface area contributed by atoms with Crippen LogP contribution in [-0.2, 0) is 0 Å². The van der Waals surface area contributed by atoms with Crippen molar-refractivity contribution in [3.8, 4) is 0 Å². The van der Waals surface area contributed by atoms with Crippen LogP contribution in [0.2, 0.25) is 0 Å². The lowest BCUT2D eigenvalue weighted by Gasteiger charge is -2.24. The standard InChI is InChI=1S/C16H26N2/c1-3-18(16-10-8-14(2)9-11-16)13-5-7-15-6-4-12-17-15/h8-11,15,17H,3-7,12-13H2,1-2H3. The van der Waals surface area contributed by atoms with Gasteiger partial charge in [-0.2, -0.15) is 0 Å². The molecule has 1 aromatic rings. The van der Waals surface area contributed by atoms with Crippen LogP contribution < -0.4 is 10.2 Å². The highest BCUT2D eigenvalue weighted by Crippen LogP contribution is 2.17. The molecular formula is C16H26N2. The molecule has 1 unspecified atom stereocenters. The molecule has 0 spiro atoms. The molecule has 1 atom stereocenters. The molecule has 1 saturated heterocycles. The summed E-state index contributed by atoms with van der Waals surface area (Å²) in [7, 11) is 0. The summed E-state index contributed by atoms with van der Waals surface area (Å²) in [6.07, 6.45) is 5.35. The molecule has 1 N–H and O–H groups in total. The van der Waals surface area contributed by atoms with Crippen LogP contribution in [0.5, 0.6) is 0 Å². The van der Waals surface area contributed by atoms with Crippen molar-refractivity contribution < 1.29 is 0 Å². The molecule has 0 radical (unpaired) electrons. The fourth-order valence-electron chi connectivity index (χ4n) is 2.76. The van der Waals surface area contributed by atoms with Crippen LogP contribution >= 0.6 is 0 Å². The smallest absolute Gasteiger partial charge is 0.0366 e. The second-order valence-corrected chi connectivity index (χ2v) is 5.35. The summed E-state index contributed by atoms with van der Waals surface area (Å²) in [5, 5.41) is 3.58. The second-order valence-electron chi connectivity index (χ2n) is 5.35. The summed E-state index contributed by atoms with van der Waals surface area (Å²) in [5.74, 6) is 0. The minimum atomic E-state index is 0.779. The van der Waals surface area contributed by atoms with Gasteiger partial charge in [0.25, 0.3) is 0 Å². The Bertz CT molecular complexity index is 339. The van der Waals surface area contributed by atoms with Crippen molar-refractivity contribution in [3.63, 3.8) is 0 Å². The van der Waals surface area contributed by atoms with E-state index in [-0.39, 0.29) is 0 Å². The number of rotatable bonds is 6. The fraction of sp³-hybridized carbons (Fsp3) is 0.625. The van der Waals surface area contributed by atoms with E-state index in [4.69, 9.17) is 0 Å². The zero-order chi connectivity index (χ0) is 12.8. The maximum Gasteiger partial charge on any atom is 0.0366 e. The van der Waals surface area contributed by atoms with Crippen molar-refractivity contribution in [2.45, 2.75) is 45.6 Å². The number of hydrogen-bond acceptors (Lipinski definition) is 2. The predicted octanol–water partition coefficient (Wildman–Crippen LogP) is 3.35. The van der Waals surface area contributed by atoms with Crippen molar-refractivity contribution in [1.29, 1.82) is 0 Å². The van der Waals surface area contributed by atoms with Gasteiger partial charge in [-0.25, -0.2) is 0 Å². The normalized spacial score (nSPS) is 19.1. The molecule has 1 heterocycles. The van der Waals surface area contributed by atoms with Gasteiger partial charge in [-0.1, -0.05) is 17.7 Å². The topological polar surface area (TPSA) is 15.3 Å². The number of hydrogen-bond donors (Lipinski definition) is 1. The summed E-state index contributed by atoms with van der Waals surface area (Å²) in [6, 6.07) is 9.67. The highest BCUT2D eigenvalue weighted by atomic mass is 15.1. The molecule has 18 heavy (non-hydrogen) atoms. The number of benzene rings is 1. The van der Waals surface area contributed by atoms with Gasteiger partial charge < -0.3 is 10.2 Å². The van der Waals surface area contributed by atoms with E-state index >= 15 is 0 Å². The number of nitrogens with one attached hydrogen (secondary N) is 1. The van der Waals surface area contributed by atoms with E-state index in [0.29, 0.717) is 0 Å². The van der Waals surface area contributed by atoms with Crippen LogP contribution in [0.1, 0.15) is 38.2 Å².